The molecular formula is C14H28O2. The van der Waals surface area contributed by atoms with Crippen LogP contribution in [-0.2, 0) is 4.74 Å². The Morgan fingerprint density at radius 1 is 1.19 bits per heavy atom. The quantitative estimate of drug-likeness (QED) is 0.612. The smallest absolute Gasteiger partial charge is 0.0580 e. The van der Waals surface area contributed by atoms with E-state index in [-0.39, 0.29) is 6.10 Å². The summed E-state index contributed by atoms with van der Waals surface area (Å²) in [7, 11) is 0. The second-order valence-electron chi connectivity index (χ2n) is 5.15. The zero-order valence-corrected chi connectivity index (χ0v) is 11.0. The molecule has 0 radical (unpaired) electrons. The third-order valence-corrected chi connectivity index (χ3v) is 3.59. The van der Waals surface area contributed by atoms with Gasteiger partial charge in [-0.1, -0.05) is 32.6 Å². The van der Waals surface area contributed by atoms with Crippen LogP contribution < -0.4 is 0 Å². The molecule has 96 valence electrons. The highest BCUT2D eigenvalue weighted by molar-refractivity contribution is 4.82. The summed E-state index contributed by atoms with van der Waals surface area (Å²) in [5, 5.41) is 9.86. The number of unbranched alkanes of at least 4 members (excludes halogenated alkanes) is 3. The van der Waals surface area contributed by atoms with Crippen molar-refractivity contribution in [3.63, 3.8) is 0 Å². The van der Waals surface area contributed by atoms with Crippen molar-refractivity contribution < 1.29 is 9.84 Å². The fraction of sp³-hybridized carbons (Fsp3) is 1.00. The molecule has 0 aliphatic heterocycles. The highest BCUT2D eigenvalue weighted by atomic mass is 16.5. The van der Waals surface area contributed by atoms with Crippen LogP contribution in [0.15, 0.2) is 0 Å². The molecule has 2 nitrogen and oxygen atoms in total. The summed E-state index contributed by atoms with van der Waals surface area (Å²) >= 11 is 0. The Labute approximate surface area is 100 Å². The van der Waals surface area contributed by atoms with E-state index in [0.717, 1.165) is 25.4 Å². The van der Waals surface area contributed by atoms with Crippen molar-refractivity contribution in [3.05, 3.63) is 0 Å². The molecule has 0 saturated heterocycles. The second kappa shape index (κ2) is 8.08. The van der Waals surface area contributed by atoms with E-state index in [0.29, 0.717) is 6.10 Å². The van der Waals surface area contributed by atoms with Gasteiger partial charge in [-0.25, -0.2) is 0 Å². The minimum Gasteiger partial charge on any atom is -0.393 e. The largest absolute Gasteiger partial charge is 0.393 e. The minimum atomic E-state index is -0.0653. The molecule has 0 aromatic rings. The Balaban J connectivity index is 1.93. The van der Waals surface area contributed by atoms with Gasteiger partial charge >= 0.3 is 0 Å². The lowest BCUT2D eigenvalue weighted by molar-refractivity contribution is -0.0384. The number of hydrogen-bond acceptors (Lipinski definition) is 2. The fourth-order valence-corrected chi connectivity index (χ4v) is 2.55. The van der Waals surface area contributed by atoms with Crippen LogP contribution in [-0.4, -0.2) is 23.9 Å². The van der Waals surface area contributed by atoms with E-state index in [1.807, 2.05) is 0 Å². The van der Waals surface area contributed by atoms with Gasteiger partial charge in [0.15, 0.2) is 0 Å². The molecule has 1 atom stereocenters. The average molecular weight is 228 g/mol. The van der Waals surface area contributed by atoms with E-state index >= 15 is 0 Å². The van der Waals surface area contributed by atoms with Crippen LogP contribution in [0.25, 0.3) is 0 Å². The van der Waals surface area contributed by atoms with Crippen LogP contribution in [0.4, 0.5) is 0 Å². The lowest BCUT2D eigenvalue weighted by atomic mass is 9.78. The molecule has 2 heteroatoms. The Hall–Kier alpha value is -0.0800. The molecule has 0 heterocycles. The molecule has 1 aliphatic rings. The van der Waals surface area contributed by atoms with E-state index in [1.54, 1.807) is 0 Å². The summed E-state index contributed by atoms with van der Waals surface area (Å²) < 4.78 is 5.52. The maximum absolute atomic E-state index is 9.86. The summed E-state index contributed by atoms with van der Waals surface area (Å²) in [6, 6.07) is 0. The third kappa shape index (κ3) is 5.31. The summed E-state index contributed by atoms with van der Waals surface area (Å²) in [6.07, 6.45) is 9.80. The monoisotopic (exact) mass is 228 g/mol. The predicted molar refractivity (Wildman–Crippen MR) is 67.5 cm³/mol. The Kier molecular flexibility index (Phi) is 7.06. The lowest BCUT2D eigenvalue weighted by Crippen LogP contribution is -2.33. The first-order valence-electron chi connectivity index (χ1n) is 7.05. The summed E-state index contributed by atoms with van der Waals surface area (Å²) in [6.45, 7) is 5.10. The summed E-state index contributed by atoms with van der Waals surface area (Å²) in [5.41, 5.74) is 0. The molecule has 1 rings (SSSR count). The van der Waals surface area contributed by atoms with Crippen molar-refractivity contribution in [2.75, 3.05) is 6.61 Å². The van der Waals surface area contributed by atoms with Crippen molar-refractivity contribution in [2.45, 2.75) is 77.4 Å². The minimum absolute atomic E-state index is 0.0653. The molecular weight excluding hydrogens is 200 g/mol. The first-order valence-corrected chi connectivity index (χ1v) is 7.05. The van der Waals surface area contributed by atoms with Crippen molar-refractivity contribution in [1.29, 1.82) is 0 Å². The van der Waals surface area contributed by atoms with Crippen LogP contribution in [0, 0.1) is 5.92 Å². The Bertz CT molecular complexity index is 164. The number of ether oxygens (including phenoxy) is 1. The first-order chi connectivity index (χ1) is 7.76. The maximum atomic E-state index is 9.86. The number of aliphatic hydroxyl groups excluding tert-OH is 1. The molecule has 16 heavy (non-hydrogen) atoms. The lowest BCUT2D eigenvalue weighted by Gasteiger charge is -2.36. The predicted octanol–water partition coefficient (Wildman–Crippen LogP) is 3.52. The van der Waals surface area contributed by atoms with Gasteiger partial charge < -0.3 is 9.84 Å². The molecule has 0 aromatic carbocycles. The first kappa shape index (κ1) is 14.0. The van der Waals surface area contributed by atoms with Gasteiger partial charge in [0.2, 0.25) is 0 Å². The van der Waals surface area contributed by atoms with E-state index in [2.05, 4.69) is 13.8 Å². The highest BCUT2D eigenvalue weighted by Crippen LogP contribution is 2.34. The second-order valence-corrected chi connectivity index (χ2v) is 5.15. The molecule has 0 spiro atoms. The maximum Gasteiger partial charge on any atom is 0.0580 e. The fourth-order valence-electron chi connectivity index (χ4n) is 2.55. The van der Waals surface area contributed by atoms with Crippen molar-refractivity contribution in [3.8, 4) is 0 Å². The molecule has 0 amide bonds. The standard InChI is InChI=1S/C14H28O2/c1-3-5-6-7-8-13(15)9-12-10-14(11-12)16-4-2/h12-15H,3-11H2,1-2H3. The molecule has 1 saturated carbocycles. The average Bonchev–Trinajstić information content (AvgIpc) is 2.21. The zero-order chi connectivity index (χ0) is 11.8. The van der Waals surface area contributed by atoms with Gasteiger partial charge in [-0.05, 0) is 38.5 Å². The molecule has 1 fully saturated rings. The van der Waals surface area contributed by atoms with Crippen LogP contribution in [0.2, 0.25) is 0 Å². The SMILES string of the molecule is CCCCCCC(O)CC1CC(OCC)C1. The third-order valence-electron chi connectivity index (χ3n) is 3.59. The number of aliphatic hydroxyl groups is 1. The molecule has 1 N–H and O–H groups in total. The van der Waals surface area contributed by atoms with Crippen molar-refractivity contribution in [1.82, 2.24) is 0 Å². The van der Waals surface area contributed by atoms with Gasteiger partial charge in [0, 0.05) is 6.61 Å². The van der Waals surface area contributed by atoms with Crippen LogP contribution in [0.5, 0.6) is 0 Å². The van der Waals surface area contributed by atoms with Crippen LogP contribution in [0.3, 0.4) is 0 Å². The zero-order valence-electron chi connectivity index (χ0n) is 11.0. The van der Waals surface area contributed by atoms with Gasteiger partial charge in [0.05, 0.1) is 12.2 Å². The van der Waals surface area contributed by atoms with E-state index in [1.165, 1.54) is 38.5 Å². The van der Waals surface area contributed by atoms with Gasteiger partial charge in [-0.15, -0.1) is 0 Å². The normalized spacial score (nSPS) is 26.4. The van der Waals surface area contributed by atoms with Crippen LogP contribution >= 0.6 is 0 Å². The van der Waals surface area contributed by atoms with Crippen LogP contribution in [0.1, 0.15) is 65.2 Å². The molecule has 0 aromatic heterocycles. The number of rotatable bonds is 9. The molecule has 0 bridgehead atoms. The topological polar surface area (TPSA) is 29.5 Å². The van der Waals surface area contributed by atoms with Gasteiger partial charge in [-0.2, -0.15) is 0 Å². The van der Waals surface area contributed by atoms with E-state index in [4.69, 9.17) is 4.74 Å². The summed E-state index contributed by atoms with van der Waals surface area (Å²) in [5.74, 6) is 0.720. The van der Waals surface area contributed by atoms with E-state index < -0.39 is 0 Å². The Morgan fingerprint density at radius 3 is 2.56 bits per heavy atom. The van der Waals surface area contributed by atoms with Gasteiger partial charge in [0.1, 0.15) is 0 Å². The van der Waals surface area contributed by atoms with Gasteiger partial charge in [0.25, 0.3) is 0 Å². The van der Waals surface area contributed by atoms with Crippen molar-refractivity contribution >= 4 is 0 Å². The molecule has 1 aliphatic carbocycles. The van der Waals surface area contributed by atoms with Gasteiger partial charge in [-0.3, -0.25) is 0 Å². The van der Waals surface area contributed by atoms with E-state index in [9.17, 15) is 5.11 Å². The number of hydrogen-bond donors (Lipinski definition) is 1. The highest BCUT2D eigenvalue weighted by Gasteiger charge is 2.30. The molecule has 1 unspecified atom stereocenters. The van der Waals surface area contributed by atoms with Crippen molar-refractivity contribution in [2.24, 2.45) is 5.92 Å². The Morgan fingerprint density at radius 2 is 1.94 bits per heavy atom. The summed E-state index contributed by atoms with van der Waals surface area (Å²) in [4.78, 5) is 0.